The van der Waals surface area contributed by atoms with Gasteiger partial charge in [0.25, 0.3) is 5.91 Å². The Hall–Kier alpha value is -3.61. The van der Waals surface area contributed by atoms with Crippen LogP contribution in [0, 0.1) is 13.8 Å². The van der Waals surface area contributed by atoms with Gasteiger partial charge in [0, 0.05) is 28.2 Å². The number of nitrogens with zero attached hydrogens (tertiary/aromatic N) is 2. The van der Waals surface area contributed by atoms with Crippen molar-refractivity contribution in [3.8, 4) is 0 Å². The highest BCUT2D eigenvalue weighted by atomic mass is 35.5. The van der Waals surface area contributed by atoms with Crippen molar-refractivity contribution >= 4 is 57.8 Å². The molecule has 33 heavy (non-hydrogen) atoms. The van der Waals surface area contributed by atoms with Gasteiger partial charge in [0.2, 0.25) is 0 Å². The second-order valence-electron chi connectivity index (χ2n) is 7.46. The summed E-state index contributed by atoms with van der Waals surface area (Å²) in [4.78, 5) is 21.4. The van der Waals surface area contributed by atoms with E-state index >= 15 is 0 Å². The molecule has 0 saturated carbocycles. The van der Waals surface area contributed by atoms with Crippen molar-refractivity contribution in [1.29, 1.82) is 0 Å². The van der Waals surface area contributed by atoms with E-state index in [1.165, 1.54) is 11.6 Å². The number of anilines is 5. The molecule has 0 spiro atoms. The van der Waals surface area contributed by atoms with Gasteiger partial charge in [-0.15, -0.1) is 0 Å². The van der Waals surface area contributed by atoms with Gasteiger partial charge in [0.05, 0.1) is 10.6 Å². The number of carbonyl (C=O) groups is 1. The van der Waals surface area contributed by atoms with Crippen molar-refractivity contribution in [2.75, 3.05) is 16.0 Å². The highest BCUT2D eigenvalue weighted by Gasteiger charge is 2.11. The molecule has 6 nitrogen and oxygen atoms in total. The number of amides is 1. The van der Waals surface area contributed by atoms with Crippen LogP contribution in [0.15, 0.2) is 72.8 Å². The second kappa shape index (κ2) is 9.90. The van der Waals surface area contributed by atoms with Gasteiger partial charge in [-0.2, -0.15) is 0 Å². The predicted octanol–water partition coefficient (Wildman–Crippen LogP) is 7.14. The standard InChI is InChI=1S/C25H21Cl2N5O/c1-15-3-6-18(7-4-15)30-23-14-24(29-16(2)28-23)31-19-8-10-20(11-9-19)32-25(33)21-12-5-17(26)13-22(21)27/h3-14H,1-2H3,(H,32,33)(H2,28,29,30,31). The number of carbonyl (C=O) groups excluding carboxylic acids is 1. The molecular weight excluding hydrogens is 457 g/mol. The molecule has 0 fully saturated rings. The first kappa shape index (κ1) is 22.6. The van der Waals surface area contributed by atoms with E-state index in [0.717, 1.165) is 11.4 Å². The molecule has 0 aliphatic carbocycles. The number of aryl methyl sites for hydroxylation is 2. The Morgan fingerprint density at radius 1 is 0.727 bits per heavy atom. The van der Waals surface area contributed by atoms with Crippen molar-refractivity contribution in [3.63, 3.8) is 0 Å². The summed E-state index contributed by atoms with van der Waals surface area (Å²) < 4.78 is 0. The average Bonchev–Trinajstić information content (AvgIpc) is 2.76. The Bertz CT molecular complexity index is 1290. The molecular formula is C25H21Cl2N5O. The van der Waals surface area contributed by atoms with Crippen molar-refractivity contribution in [2.24, 2.45) is 0 Å². The smallest absolute Gasteiger partial charge is 0.257 e. The number of nitrogens with one attached hydrogen (secondary N) is 3. The zero-order valence-electron chi connectivity index (χ0n) is 18.0. The molecule has 8 heteroatoms. The summed E-state index contributed by atoms with van der Waals surface area (Å²) in [6, 6.07) is 22.0. The van der Waals surface area contributed by atoms with E-state index in [-0.39, 0.29) is 5.91 Å². The minimum atomic E-state index is -0.310. The number of hydrogen-bond acceptors (Lipinski definition) is 5. The first-order valence-corrected chi connectivity index (χ1v) is 10.9. The van der Waals surface area contributed by atoms with Crippen LogP contribution in [-0.2, 0) is 0 Å². The van der Waals surface area contributed by atoms with E-state index in [2.05, 4.69) is 25.9 Å². The normalized spacial score (nSPS) is 10.5. The third-order valence-electron chi connectivity index (χ3n) is 4.75. The molecule has 1 heterocycles. The molecule has 1 aromatic heterocycles. The maximum absolute atomic E-state index is 12.5. The van der Waals surface area contributed by atoms with Crippen molar-refractivity contribution in [1.82, 2.24) is 9.97 Å². The molecule has 0 radical (unpaired) electrons. The van der Waals surface area contributed by atoms with Gasteiger partial charge in [-0.3, -0.25) is 4.79 Å². The van der Waals surface area contributed by atoms with Gasteiger partial charge in [-0.05, 0) is 68.4 Å². The molecule has 4 aromatic rings. The van der Waals surface area contributed by atoms with E-state index in [1.807, 2.05) is 56.3 Å². The topological polar surface area (TPSA) is 78.9 Å². The quantitative estimate of drug-likeness (QED) is 0.275. The molecule has 0 saturated heterocycles. The molecule has 1 amide bonds. The molecule has 3 N–H and O–H groups in total. The molecule has 0 bridgehead atoms. The number of hydrogen-bond donors (Lipinski definition) is 3. The van der Waals surface area contributed by atoms with E-state index in [9.17, 15) is 4.79 Å². The SMILES string of the molecule is Cc1ccc(Nc2cc(Nc3ccc(NC(=O)c4ccc(Cl)cc4Cl)cc3)nc(C)n2)cc1. The van der Waals surface area contributed by atoms with Crippen LogP contribution in [0.5, 0.6) is 0 Å². The molecule has 0 aliphatic heterocycles. The number of benzene rings is 3. The third-order valence-corrected chi connectivity index (χ3v) is 5.30. The maximum atomic E-state index is 12.5. The lowest BCUT2D eigenvalue weighted by Crippen LogP contribution is -2.12. The highest BCUT2D eigenvalue weighted by Crippen LogP contribution is 2.24. The fourth-order valence-electron chi connectivity index (χ4n) is 3.14. The van der Waals surface area contributed by atoms with Crippen LogP contribution in [0.1, 0.15) is 21.7 Å². The Labute approximate surface area is 202 Å². The monoisotopic (exact) mass is 477 g/mol. The summed E-state index contributed by atoms with van der Waals surface area (Å²) in [5.41, 5.74) is 3.95. The lowest BCUT2D eigenvalue weighted by Gasteiger charge is -2.11. The van der Waals surface area contributed by atoms with E-state index in [1.54, 1.807) is 24.3 Å². The minimum Gasteiger partial charge on any atom is -0.340 e. The van der Waals surface area contributed by atoms with Gasteiger partial charge >= 0.3 is 0 Å². The number of aromatic nitrogens is 2. The van der Waals surface area contributed by atoms with Crippen LogP contribution in [0.2, 0.25) is 10.0 Å². The third kappa shape index (κ3) is 6.00. The van der Waals surface area contributed by atoms with Gasteiger partial charge in [-0.25, -0.2) is 9.97 Å². The predicted molar refractivity (Wildman–Crippen MR) is 135 cm³/mol. The van der Waals surface area contributed by atoms with Gasteiger partial charge in [-0.1, -0.05) is 40.9 Å². The lowest BCUT2D eigenvalue weighted by atomic mass is 10.2. The lowest BCUT2D eigenvalue weighted by molar-refractivity contribution is 0.102. The Balaban J connectivity index is 1.43. The van der Waals surface area contributed by atoms with Crippen LogP contribution in [0.3, 0.4) is 0 Å². The summed E-state index contributed by atoms with van der Waals surface area (Å²) in [5, 5.41) is 10.2. The summed E-state index contributed by atoms with van der Waals surface area (Å²) in [7, 11) is 0. The second-order valence-corrected chi connectivity index (χ2v) is 8.30. The van der Waals surface area contributed by atoms with E-state index < -0.39 is 0 Å². The van der Waals surface area contributed by atoms with Crippen LogP contribution in [0.4, 0.5) is 28.7 Å². The minimum absolute atomic E-state index is 0.299. The van der Waals surface area contributed by atoms with Gasteiger partial charge in [0.1, 0.15) is 17.5 Å². The van der Waals surface area contributed by atoms with Crippen molar-refractivity contribution in [3.05, 3.63) is 99.8 Å². The Kier molecular flexibility index (Phi) is 6.77. The maximum Gasteiger partial charge on any atom is 0.257 e. The first-order chi connectivity index (χ1) is 15.9. The molecule has 0 unspecified atom stereocenters. The average molecular weight is 478 g/mol. The van der Waals surface area contributed by atoms with Crippen LogP contribution >= 0.6 is 23.2 Å². The number of rotatable bonds is 6. The summed E-state index contributed by atoms with van der Waals surface area (Å²) in [6.45, 7) is 3.89. The van der Waals surface area contributed by atoms with E-state index in [4.69, 9.17) is 23.2 Å². The Morgan fingerprint density at radius 2 is 1.27 bits per heavy atom. The van der Waals surface area contributed by atoms with Crippen LogP contribution in [-0.4, -0.2) is 15.9 Å². The van der Waals surface area contributed by atoms with Crippen molar-refractivity contribution in [2.45, 2.75) is 13.8 Å². The zero-order valence-corrected chi connectivity index (χ0v) is 19.5. The molecule has 3 aromatic carbocycles. The largest absolute Gasteiger partial charge is 0.340 e. The number of halogens is 2. The molecule has 166 valence electrons. The molecule has 0 atom stereocenters. The van der Waals surface area contributed by atoms with Crippen LogP contribution < -0.4 is 16.0 Å². The highest BCUT2D eigenvalue weighted by molar-refractivity contribution is 6.37. The molecule has 0 aliphatic rings. The first-order valence-electron chi connectivity index (χ1n) is 10.2. The van der Waals surface area contributed by atoms with Gasteiger partial charge < -0.3 is 16.0 Å². The summed E-state index contributed by atoms with van der Waals surface area (Å²) in [6.07, 6.45) is 0. The van der Waals surface area contributed by atoms with Gasteiger partial charge in [0.15, 0.2) is 0 Å². The molecule has 4 rings (SSSR count). The van der Waals surface area contributed by atoms with Crippen molar-refractivity contribution < 1.29 is 4.79 Å². The fraction of sp³-hybridized carbons (Fsp3) is 0.0800. The summed E-state index contributed by atoms with van der Waals surface area (Å²) >= 11 is 12.0. The summed E-state index contributed by atoms with van der Waals surface area (Å²) in [5.74, 6) is 1.67. The Morgan fingerprint density at radius 3 is 1.85 bits per heavy atom. The zero-order chi connectivity index (χ0) is 23.4. The fourth-order valence-corrected chi connectivity index (χ4v) is 3.63. The van der Waals surface area contributed by atoms with Crippen LogP contribution in [0.25, 0.3) is 0 Å². The van der Waals surface area contributed by atoms with E-state index in [0.29, 0.717) is 38.8 Å².